The number of fused-ring (bicyclic) bond motifs is 1. The maximum atomic E-state index is 14.1. The summed E-state index contributed by atoms with van der Waals surface area (Å²) < 4.78 is 41.5. The van der Waals surface area contributed by atoms with Crippen molar-refractivity contribution in [1.29, 1.82) is 0 Å². The fraction of sp³-hybridized carbons (Fsp3) is 0.414. The fourth-order valence-corrected chi connectivity index (χ4v) is 4.51. The number of nitrogens with zero attached hydrogens (tertiary/aromatic N) is 3. The van der Waals surface area contributed by atoms with E-state index in [-0.39, 0.29) is 30.0 Å². The molecule has 0 amide bonds. The minimum absolute atomic E-state index is 0.137. The molecule has 3 aromatic heterocycles. The number of aromatic amines is 1. The summed E-state index contributed by atoms with van der Waals surface area (Å²) in [5, 5.41) is 7.62. The third-order valence-electron chi connectivity index (χ3n) is 6.02. The van der Waals surface area contributed by atoms with Crippen LogP contribution in [0.3, 0.4) is 0 Å². The van der Waals surface area contributed by atoms with Gasteiger partial charge in [0.2, 0.25) is 0 Å². The summed E-state index contributed by atoms with van der Waals surface area (Å²) in [6.07, 6.45) is 2.79. The summed E-state index contributed by atoms with van der Waals surface area (Å²) in [5.41, 5.74) is 3.46. The van der Waals surface area contributed by atoms with Gasteiger partial charge in [-0.05, 0) is 76.3 Å². The molecule has 1 N–H and O–H groups in total. The van der Waals surface area contributed by atoms with Gasteiger partial charge in [-0.1, -0.05) is 19.9 Å². The molecule has 7 nitrogen and oxygen atoms in total. The first-order valence-corrected chi connectivity index (χ1v) is 12.5. The van der Waals surface area contributed by atoms with Crippen LogP contribution < -0.4 is 4.74 Å². The number of rotatable bonds is 8. The first-order valence-electron chi connectivity index (χ1n) is 12.5. The van der Waals surface area contributed by atoms with E-state index in [1.165, 1.54) is 18.2 Å². The summed E-state index contributed by atoms with van der Waals surface area (Å²) >= 11 is 0. The summed E-state index contributed by atoms with van der Waals surface area (Å²) in [7, 11) is 0. The molecule has 3 heterocycles. The van der Waals surface area contributed by atoms with Crippen LogP contribution in [0, 0.1) is 30.9 Å². The van der Waals surface area contributed by atoms with Gasteiger partial charge in [-0.15, -0.1) is 0 Å². The number of hydrogen-bond donors (Lipinski definition) is 1. The number of imidazole rings is 1. The Hall–Kier alpha value is -3.75. The van der Waals surface area contributed by atoms with E-state index in [1.54, 1.807) is 6.07 Å². The highest BCUT2D eigenvalue weighted by molar-refractivity contribution is 5.71. The average Bonchev–Trinajstić information content (AvgIpc) is 3.33. The molecule has 4 aromatic rings. The van der Waals surface area contributed by atoms with Crippen LogP contribution in [0.2, 0.25) is 0 Å². The van der Waals surface area contributed by atoms with Crippen molar-refractivity contribution in [3.05, 3.63) is 70.7 Å². The largest absolute Gasteiger partial charge is 0.485 e. The molecule has 202 valence electrons. The lowest BCUT2D eigenvalue weighted by molar-refractivity contribution is -0.157. The highest BCUT2D eigenvalue weighted by Crippen LogP contribution is 2.32. The molecule has 4 rings (SSSR count). The van der Waals surface area contributed by atoms with Crippen LogP contribution in [0.5, 0.6) is 5.75 Å². The molecule has 0 bridgehead atoms. The SMILES string of the molecule is Cc1cc(OCc2c(F)cccc2F)c2nc(C)c(-c3cc(CC(C)(C)CC(=O)OC(C)(C)C)[nH]n3)n2c1. The first kappa shape index (κ1) is 27.3. The van der Waals surface area contributed by atoms with E-state index in [9.17, 15) is 13.6 Å². The molecule has 0 aliphatic heterocycles. The highest BCUT2D eigenvalue weighted by Gasteiger charge is 2.27. The van der Waals surface area contributed by atoms with E-state index in [2.05, 4.69) is 15.2 Å². The van der Waals surface area contributed by atoms with Crippen LogP contribution >= 0.6 is 0 Å². The number of carbonyl (C=O) groups excluding carboxylic acids is 1. The quantitative estimate of drug-likeness (QED) is 0.266. The maximum Gasteiger partial charge on any atom is 0.306 e. The van der Waals surface area contributed by atoms with E-state index in [0.29, 0.717) is 23.5 Å². The molecule has 0 atom stereocenters. The maximum absolute atomic E-state index is 14.1. The second-order valence-electron chi connectivity index (χ2n) is 11.5. The Kier molecular flexibility index (Phi) is 7.32. The van der Waals surface area contributed by atoms with Gasteiger partial charge in [0.1, 0.15) is 29.5 Å². The lowest BCUT2D eigenvalue weighted by Crippen LogP contribution is -2.28. The minimum Gasteiger partial charge on any atom is -0.485 e. The Bertz CT molecular complexity index is 1460. The average molecular weight is 525 g/mol. The normalized spacial score (nSPS) is 12.2. The number of halogens is 2. The second-order valence-corrected chi connectivity index (χ2v) is 11.5. The fourth-order valence-electron chi connectivity index (χ4n) is 4.51. The van der Waals surface area contributed by atoms with Crippen molar-refractivity contribution in [2.45, 2.75) is 73.5 Å². The summed E-state index contributed by atoms with van der Waals surface area (Å²) in [4.78, 5) is 17.1. The van der Waals surface area contributed by atoms with Crippen molar-refractivity contribution in [3.63, 3.8) is 0 Å². The van der Waals surface area contributed by atoms with Crippen molar-refractivity contribution < 1.29 is 23.0 Å². The molecule has 0 fully saturated rings. The van der Waals surface area contributed by atoms with Crippen molar-refractivity contribution in [2.75, 3.05) is 0 Å². The zero-order valence-corrected chi connectivity index (χ0v) is 22.9. The predicted molar refractivity (Wildman–Crippen MR) is 141 cm³/mol. The number of benzene rings is 1. The highest BCUT2D eigenvalue weighted by atomic mass is 19.1. The Labute approximate surface area is 221 Å². The van der Waals surface area contributed by atoms with Crippen LogP contribution in [-0.2, 0) is 22.6 Å². The molecule has 0 aliphatic rings. The molecular formula is C29H34F2N4O3. The van der Waals surface area contributed by atoms with E-state index in [4.69, 9.17) is 9.47 Å². The van der Waals surface area contributed by atoms with Crippen LogP contribution in [0.1, 0.15) is 63.6 Å². The Morgan fingerprint density at radius 1 is 1.08 bits per heavy atom. The molecular weight excluding hydrogens is 490 g/mol. The van der Waals surface area contributed by atoms with Gasteiger partial charge in [0, 0.05) is 11.9 Å². The molecule has 0 radical (unpaired) electrons. The number of H-pyrrole nitrogens is 1. The summed E-state index contributed by atoms with van der Waals surface area (Å²) in [6, 6.07) is 7.47. The molecule has 9 heteroatoms. The zero-order valence-electron chi connectivity index (χ0n) is 22.9. The molecule has 0 saturated heterocycles. The Morgan fingerprint density at radius 2 is 1.76 bits per heavy atom. The topological polar surface area (TPSA) is 81.5 Å². The molecule has 1 aromatic carbocycles. The lowest BCUT2D eigenvalue weighted by atomic mass is 9.84. The molecule has 0 saturated carbocycles. The standard InChI is InChI=1S/C29H34F2N4O3/c1-17-11-24(37-16-20-21(30)9-8-10-22(20)31)27-32-18(2)26(35(27)15-17)23-12-19(33-34-23)13-29(6,7)14-25(36)38-28(3,4)5/h8-12,15H,13-14,16H2,1-7H3,(H,33,34). The lowest BCUT2D eigenvalue weighted by Gasteiger charge is -2.26. The summed E-state index contributed by atoms with van der Waals surface area (Å²) in [6.45, 7) is 13.1. The van der Waals surface area contributed by atoms with Crippen LogP contribution in [-0.4, -0.2) is 31.2 Å². The number of ether oxygens (including phenoxy) is 2. The van der Waals surface area contributed by atoms with Gasteiger partial charge >= 0.3 is 5.97 Å². The molecule has 0 unspecified atom stereocenters. The monoisotopic (exact) mass is 524 g/mol. The van der Waals surface area contributed by atoms with E-state index in [1.807, 2.05) is 65.1 Å². The van der Waals surface area contributed by atoms with E-state index < -0.39 is 17.2 Å². The van der Waals surface area contributed by atoms with Crippen molar-refractivity contribution in [2.24, 2.45) is 5.41 Å². The number of aryl methyl sites for hydroxylation is 2. The van der Waals surface area contributed by atoms with Gasteiger partial charge in [-0.2, -0.15) is 5.10 Å². The van der Waals surface area contributed by atoms with Crippen molar-refractivity contribution in [3.8, 4) is 17.1 Å². The first-order chi connectivity index (χ1) is 17.7. The molecule has 38 heavy (non-hydrogen) atoms. The van der Waals surface area contributed by atoms with Crippen LogP contribution in [0.25, 0.3) is 17.0 Å². The number of nitrogens with one attached hydrogen (secondary N) is 1. The third-order valence-corrected chi connectivity index (χ3v) is 6.02. The number of carbonyl (C=O) groups is 1. The smallest absolute Gasteiger partial charge is 0.306 e. The van der Waals surface area contributed by atoms with Gasteiger partial charge in [0.05, 0.1) is 23.4 Å². The van der Waals surface area contributed by atoms with Gasteiger partial charge < -0.3 is 9.47 Å². The number of pyridine rings is 1. The van der Waals surface area contributed by atoms with E-state index in [0.717, 1.165) is 22.6 Å². The van der Waals surface area contributed by atoms with Gasteiger partial charge in [0.25, 0.3) is 0 Å². The third kappa shape index (κ3) is 6.20. The number of hydrogen-bond acceptors (Lipinski definition) is 5. The van der Waals surface area contributed by atoms with Crippen molar-refractivity contribution >= 4 is 11.6 Å². The van der Waals surface area contributed by atoms with Gasteiger partial charge in [-0.3, -0.25) is 14.3 Å². The van der Waals surface area contributed by atoms with Gasteiger partial charge in [-0.25, -0.2) is 13.8 Å². The van der Waals surface area contributed by atoms with Crippen LogP contribution in [0.4, 0.5) is 8.78 Å². The number of aromatic nitrogens is 4. The zero-order chi connectivity index (χ0) is 27.8. The van der Waals surface area contributed by atoms with Gasteiger partial charge in [0.15, 0.2) is 11.4 Å². The second kappa shape index (κ2) is 10.2. The van der Waals surface area contributed by atoms with Crippen LogP contribution in [0.15, 0.2) is 36.5 Å². The summed E-state index contributed by atoms with van der Waals surface area (Å²) in [5.74, 6) is -1.14. The van der Waals surface area contributed by atoms with Crippen molar-refractivity contribution in [1.82, 2.24) is 19.6 Å². The minimum atomic E-state index is -0.660. The molecule has 0 spiro atoms. The number of esters is 1. The molecule has 0 aliphatic carbocycles. The Balaban J connectivity index is 1.59. The van der Waals surface area contributed by atoms with E-state index >= 15 is 0 Å². The Morgan fingerprint density at radius 3 is 2.42 bits per heavy atom. The predicted octanol–water partition coefficient (Wildman–Crippen LogP) is 6.50.